The molecule has 0 saturated heterocycles. The molecule has 6 nitrogen and oxygen atoms in total. The number of hydrogen-bond acceptors (Lipinski definition) is 3. The number of fused-ring (bicyclic) bond motifs is 1. The molecule has 10 heteroatoms. The van der Waals surface area contributed by atoms with E-state index in [9.17, 15) is 32.3 Å². The van der Waals surface area contributed by atoms with Gasteiger partial charge in [-0.15, -0.1) is 13.2 Å². The number of aryl methyl sites for hydroxylation is 1. The molecule has 2 aromatic heterocycles. The van der Waals surface area contributed by atoms with Crippen molar-refractivity contribution in [2.75, 3.05) is 0 Å². The number of rotatable bonds is 5. The van der Waals surface area contributed by atoms with Crippen LogP contribution in [0.25, 0.3) is 22.0 Å². The van der Waals surface area contributed by atoms with Crippen LogP contribution in [-0.2, 0) is 6.54 Å². The van der Waals surface area contributed by atoms with E-state index in [1.807, 2.05) is 0 Å². The zero-order valence-corrected chi connectivity index (χ0v) is 17.0. The molecule has 4 aromatic rings. The molecular formula is C23H16F4N2O4. The molecule has 4 rings (SSSR count). The number of alkyl halides is 3. The minimum Gasteiger partial charge on any atom is -0.477 e. The summed E-state index contributed by atoms with van der Waals surface area (Å²) in [4.78, 5) is 27.3. The van der Waals surface area contributed by atoms with Crippen LogP contribution in [0.15, 0.2) is 59.5 Å². The number of carbonyl (C=O) groups is 1. The second-order valence-corrected chi connectivity index (χ2v) is 7.35. The maximum Gasteiger partial charge on any atom is 0.573 e. The van der Waals surface area contributed by atoms with Gasteiger partial charge in [-0.1, -0.05) is 11.6 Å². The summed E-state index contributed by atoms with van der Waals surface area (Å²) in [5.74, 6) is -2.86. The van der Waals surface area contributed by atoms with E-state index in [4.69, 9.17) is 0 Å². The van der Waals surface area contributed by atoms with Gasteiger partial charge in [-0.3, -0.25) is 4.79 Å². The number of pyridine rings is 1. The number of carboxylic acids is 1. The van der Waals surface area contributed by atoms with Gasteiger partial charge in [0.1, 0.15) is 17.3 Å². The maximum absolute atomic E-state index is 14.5. The van der Waals surface area contributed by atoms with Crippen LogP contribution in [0.5, 0.6) is 5.75 Å². The van der Waals surface area contributed by atoms with Crippen LogP contribution in [0.4, 0.5) is 17.6 Å². The van der Waals surface area contributed by atoms with Crippen molar-refractivity contribution in [2.45, 2.75) is 19.8 Å². The van der Waals surface area contributed by atoms with Crippen LogP contribution in [0.2, 0.25) is 0 Å². The monoisotopic (exact) mass is 460 g/mol. The molecule has 0 unspecified atom stereocenters. The number of aromatic nitrogens is 2. The first-order valence-electron chi connectivity index (χ1n) is 9.63. The molecule has 2 aromatic carbocycles. The Morgan fingerprint density at radius 1 is 1.15 bits per heavy atom. The number of H-pyrrole nitrogens is 1. The van der Waals surface area contributed by atoms with E-state index >= 15 is 0 Å². The zero-order valence-electron chi connectivity index (χ0n) is 17.0. The predicted molar refractivity (Wildman–Crippen MR) is 112 cm³/mol. The van der Waals surface area contributed by atoms with Gasteiger partial charge in [0, 0.05) is 33.8 Å². The summed E-state index contributed by atoms with van der Waals surface area (Å²) in [5, 5.41) is 10.5. The van der Waals surface area contributed by atoms with Crippen molar-refractivity contribution in [3.05, 3.63) is 87.7 Å². The van der Waals surface area contributed by atoms with Gasteiger partial charge in [0.2, 0.25) is 0 Å². The molecule has 0 amide bonds. The van der Waals surface area contributed by atoms with E-state index < -0.39 is 36.0 Å². The number of nitrogens with zero attached hydrogens (tertiary/aromatic N) is 1. The highest BCUT2D eigenvalue weighted by molar-refractivity contribution is 6.08. The fraction of sp³-hybridized carbons (Fsp3) is 0.130. The number of hydrogen-bond donors (Lipinski definition) is 2. The van der Waals surface area contributed by atoms with Crippen molar-refractivity contribution in [1.29, 1.82) is 0 Å². The van der Waals surface area contributed by atoms with Gasteiger partial charge in [0.05, 0.1) is 6.54 Å². The molecule has 0 atom stereocenters. The van der Waals surface area contributed by atoms with E-state index in [-0.39, 0.29) is 22.4 Å². The number of aromatic amines is 1. The molecule has 0 aliphatic rings. The number of halogens is 4. The first kappa shape index (κ1) is 22.1. The lowest BCUT2D eigenvalue weighted by atomic mass is 10.0. The highest BCUT2D eigenvalue weighted by Crippen LogP contribution is 2.35. The maximum atomic E-state index is 14.5. The van der Waals surface area contributed by atoms with Gasteiger partial charge in [-0.25, -0.2) is 9.18 Å². The van der Waals surface area contributed by atoms with Gasteiger partial charge >= 0.3 is 12.3 Å². The molecule has 0 aliphatic carbocycles. The number of nitrogens with one attached hydrogen (secondary N) is 1. The van der Waals surface area contributed by atoms with Crippen molar-refractivity contribution in [2.24, 2.45) is 0 Å². The Kier molecular flexibility index (Phi) is 5.44. The van der Waals surface area contributed by atoms with Crippen LogP contribution in [0.1, 0.15) is 21.6 Å². The second kappa shape index (κ2) is 8.12. The molecule has 0 fully saturated rings. The topological polar surface area (TPSA) is 84.3 Å². The Balaban J connectivity index is 1.97. The lowest BCUT2D eigenvalue weighted by molar-refractivity contribution is -0.274. The first-order valence-corrected chi connectivity index (χ1v) is 9.63. The molecule has 170 valence electrons. The number of carboxylic acid groups (broad SMARTS) is 1. The van der Waals surface area contributed by atoms with Crippen LogP contribution in [0, 0.1) is 12.7 Å². The van der Waals surface area contributed by atoms with E-state index in [1.54, 1.807) is 31.2 Å². The summed E-state index contributed by atoms with van der Waals surface area (Å²) in [5.41, 5.74) is 0.353. The summed E-state index contributed by atoms with van der Waals surface area (Å²) >= 11 is 0. The van der Waals surface area contributed by atoms with Gasteiger partial charge in [-0.05, 0) is 49.4 Å². The summed E-state index contributed by atoms with van der Waals surface area (Å²) in [6.07, 6.45) is -3.57. The van der Waals surface area contributed by atoms with E-state index in [0.717, 1.165) is 23.8 Å². The molecule has 0 spiro atoms. The molecule has 0 bridgehead atoms. The van der Waals surface area contributed by atoms with E-state index in [0.29, 0.717) is 10.9 Å². The third kappa shape index (κ3) is 4.32. The molecule has 0 aliphatic heterocycles. The Morgan fingerprint density at radius 3 is 2.58 bits per heavy atom. The van der Waals surface area contributed by atoms with Crippen LogP contribution >= 0.6 is 0 Å². The molecular weight excluding hydrogens is 444 g/mol. The fourth-order valence-corrected chi connectivity index (χ4v) is 3.79. The van der Waals surface area contributed by atoms with Gasteiger partial charge in [-0.2, -0.15) is 0 Å². The zero-order chi connectivity index (χ0) is 23.9. The lowest BCUT2D eigenvalue weighted by Gasteiger charge is -2.13. The quantitative estimate of drug-likeness (QED) is 0.407. The summed E-state index contributed by atoms with van der Waals surface area (Å²) in [7, 11) is 0. The fourth-order valence-electron chi connectivity index (χ4n) is 3.79. The Bertz CT molecular complexity index is 1440. The SMILES string of the molecule is Cc1ccc2c(c1)c(-c1ccc[nH]c1=O)c(C(=O)O)n2Cc1cc(OC(F)(F)F)ccc1F. The summed E-state index contributed by atoms with van der Waals surface area (Å²) in [6, 6.07) is 10.5. The van der Waals surface area contributed by atoms with Crippen LogP contribution in [0.3, 0.4) is 0 Å². The molecule has 33 heavy (non-hydrogen) atoms. The van der Waals surface area contributed by atoms with Gasteiger partial charge in [0.25, 0.3) is 5.56 Å². The third-order valence-corrected chi connectivity index (χ3v) is 5.09. The lowest BCUT2D eigenvalue weighted by Crippen LogP contribution is -2.17. The predicted octanol–water partition coefficient (Wildman–Crippen LogP) is 5.09. The average molecular weight is 460 g/mol. The third-order valence-electron chi connectivity index (χ3n) is 5.09. The van der Waals surface area contributed by atoms with Crippen molar-refractivity contribution < 1.29 is 32.2 Å². The number of aromatic carboxylic acids is 1. The van der Waals surface area contributed by atoms with Crippen LogP contribution in [-0.4, -0.2) is 27.0 Å². The van der Waals surface area contributed by atoms with Crippen molar-refractivity contribution in [3.8, 4) is 16.9 Å². The molecule has 2 heterocycles. The molecule has 0 saturated carbocycles. The normalized spacial score (nSPS) is 11.7. The molecule has 2 N–H and O–H groups in total. The minimum absolute atomic E-state index is 0.0962. The van der Waals surface area contributed by atoms with E-state index in [1.165, 1.54) is 16.8 Å². The van der Waals surface area contributed by atoms with Gasteiger partial charge < -0.3 is 19.4 Å². The summed E-state index contributed by atoms with van der Waals surface area (Å²) < 4.78 is 57.5. The largest absolute Gasteiger partial charge is 0.573 e. The molecule has 0 radical (unpaired) electrons. The Morgan fingerprint density at radius 2 is 1.91 bits per heavy atom. The van der Waals surface area contributed by atoms with Gasteiger partial charge in [0.15, 0.2) is 0 Å². The average Bonchev–Trinajstić information content (AvgIpc) is 3.03. The van der Waals surface area contributed by atoms with Crippen molar-refractivity contribution in [1.82, 2.24) is 9.55 Å². The number of benzene rings is 2. The minimum atomic E-state index is -4.97. The standard InChI is InChI=1S/C23H16F4N2O4/c1-12-4-7-18-16(9-12)19(15-3-2-8-28-21(15)30)20(22(31)32)29(18)11-13-10-14(5-6-17(13)24)33-23(25,26)27/h2-10H,11H2,1H3,(H,28,30)(H,31,32). The summed E-state index contributed by atoms with van der Waals surface area (Å²) in [6.45, 7) is 1.38. The highest BCUT2D eigenvalue weighted by Gasteiger charge is 2.31. The van der Waals surface area contributed by atoms with Crippen LogP contribution < -0.4 is 10.3 Å². The van der Waals surface area contributed by atoms with E-state index in [2.05, 4.69) is 9.72 Å². The first-order chi connectivity index (χ1) is 15.5. The second-order valence-electron chi connectivity index (χ2n) is 7.35. The highest BCUT2D eigenvalue weighted by atomic mass is 19.4. The van der Waals surface area contributed by atoms with Crippen molar-refractivity contribution in [3.63, 3.8) is 0 Å². The smallest absolute Gasteiger partial charge is 0.477 e. The Hall–Kier alpha value is -4.08. The Labute approximate surface area is 183 Å². The number of ether oxygens (including phenoxy) is 1. The van der Waals surface area contributed by atoms with Crippen molar-refractivity contribution >= 4 is 16.9 Å².